The van der Waals surface area contributed by atoms with Gasteiger partial charge in [-0.05, 0) is 31.2 Å². The zero-order valence-electron chi connectivity index (χ0n) is 15.0. The molecule has 2 aromatic heterocycles. The number of hydrogen-bond acceptors (Lipinski definition) is 3. The van der Waals surface area contributed by atoms with Gasteiger partial charge in [-0.3, -0.25) is 4.79 Å². The average Bonchev–Trinajstić information content (AvgIpc) is 3.13. The minimum atomic E-state index is -0.468. The summed E-state index contributed by atoms with van der Waals surface area (Å²) in [5.41, 5.74) is 2.94. The van der Waals surface area contributed by atoms with Gasteiger partial charge in [0.15, 0.2) is 5.65 Å². The van der Waals surface area contributed by atoms with Crippen LogP contribution in [0.4, 0.5) is 10.1 Å². The first-order chi connectivity index (χ1) is 13.6. The van der Waals surface area contributed by atoms with E-state index in [-0.39, 0.29) is 10.9 Å². The highest BCUT2D eigenvalue weighted by Gasteiger charge is 2.18. The molecule has 140 valence electrons. The van der Waals surface area contributed by atoms with Gasteiger partial charge in [0.25, 0.3) is 5.91 Å². The number of fused-ring (bicyclic) bond motifs is 1. The van der Waals surface area contributed by atoms with Gasteiger partial charge >= 0.3 is 0 Å². The fraction of sp³-hybridized carbons (Fsp3) is 0.0952. The van der Waals surface area contributed by atoms with Crippen LogP contribution in [0.3, 0.4) is 0 Å². The van der Waals surface area contributed by atoms with Crippen LogP contribution in [-0.4, -0.2) is 20.7 Å². The number of nitrogens with zero attached hydrogens (tertiary/aromatic N) is 3. The van der Waals surface area contributed by atoms with E-state index in [1.165, 1.54) is 12.1 Å². The molecule has 0 bridgehead atoms. The number of aromatic nitrogens is 3. The average molecular weight is 395 g/mol. The van der Waals surface area contributed by atoms with Crippen LogP contribution in [0.1, 0.15) is 17.3 Å². The maximum Gasteiger partial charge on any atom is 0.256 e. The van der Waals surface area contributed by atoms with Gasteiger partial charge in [-0.15, -0.1) is 0 Å². The summed E-state index contributed by atoms with van der Waals surface area (Å²) < 4.78 is 15.0. The van der Waals surface area contributed by atoms with Gasteiger partial charge in [0.2, 0.25) is 0 Å². The van der Waals surface area contributed by atoms with Gasteiger partial charge in [-0.25, -0.2) is 14.1 Å². The van der Waals surface area contributed by atoms with E-state index >= 15 is 0 Å². The summed E-state index contributed by atoms with van der Waals surface area (Å²) in [4.78, 5) is 17.7. The monoisotopic (exact) mass is 394 g/mol. The number of pyridine rings is 1. The molecule has 2 heterocycles. The van der Waals surface area contributed by atoms with Crippen LogP contribution >= 0.6 is 11.6 Å². The van der Waals surface area contributed by atoms with E-state index in [0.29, 0.717) is 34.5 Å². The summed E-state index contributed by atoms with van der Waals surface area (Å²) in [6.45, 7) is 2.58. The van der Waals surface area contributed by atoms with Crippen LogP contribution in [0.15, 0.2) is 60.8 Å². The first kappa shape index (κ1) is 18.1. The first-order valence-corrected chi connectivity index (χ1v) is 9.13. The lowest BCUT2D eigenvalue weighted by Crippen LogP contribution is -2.13. The van der Waals surface area contributed by atoms with Gasteiger partial charge in [-0.2, -0.15) is 5.10 Å². The molecule has 0 radical (unpaired) electrons. The van der Waals surface area contributed by atoms with Crippen LogP contribution in [0.25, 0.3) is 22.3 Å². The van der Waals surface area contributed by atoms with E-state index in [0.717, 1.165) is 11.6 Å². The Kier molecular flexibility index (Phi) is 4.79. The third kappa shape index (κ3) is 3.34. The lowest BCUT2D eigenvalue weighted by molar-refractivity contribution is 0.102. The van der Waals surface area contributed by atoms with E-state index in [4.69, 9.17) is 16.6 Å². The zero-order valence-corrected chi connectivity index (χ0v) is 15.7. The Morgan fingerprint density at radius 3 is 2.68 bits per heavy atom. The predicted molar refractivity (Wildman–Crippen MR) is 108 cm³/mol. The molecule has 0 fully saturated rings. The van der Waals surface area contributed by atoms with Crippen molar-refractivity contribution in [3.63, 3.8) is 0 Å². The number of amides is 1. The van der Waals surface area contributed by atoms with E-state index in [1.807, 2.05) is 37.3 Å². The number of anilines is 1. The number of carbonyl (C=O) groups is 1. The molecule has 0 saturated carbocycles. The Bertz CT molecular complexity index is 1170. The van der Waals surface area contributed by atoms with Crippen molar-refractivity contribution in [2.24, 2.45) is 0 Å². The summed E-state index contributed by atoms with van der Waals surface area (Å²) in [6, 6.07) is 15.2. The SMILES string of the molecule is CCn1ncc2c(C(=O)Nc3ccc(F)cc3Cl)cc(-c3ccccc3)nc21. The van der Waals surface area contributed by atoms with Gasteiger partial charge in [0, 0.05) is 12.1 Å². The molecule has 4 aromatic rings. The molecule has 0 aliphatic carbocycles. The van der Waals surface area contributed by atoms with Crippen molar-refractivity contribution in [3.05, 3.63) is 77.2 Å². The highest BCUT2D eigenvalue weighted by molar-refractivity contribution is 6.34. The molecular weight excluding hydrogens is 379 g/mol. The van der Waals surface area contributed by atoms with E-state index < -0.39 is 5.82 Å². The number of hydrogen-bond donors (Lipinski definition) is 1. The Morgan fingerprint density at radius 1 is 1.18 bits per heavy atom. The highest BCUT2D eigenvalue weighted by Crippen LogP contribution is 2.27. The first-order valence-electron chi connectivity index (χ1n) is 8.75. The van der Waals surface area contributed by atoms with Crippen molar-refractivity contribution < 1.29 is 9.18 Å². The van der Waals surface area contributed by atoms with Crippen LogP contribution in [0.5, 0.6) is 0 Å². The number of aryl methyl sites for hydroxylation is 1. The maximum absolute atomic E-state index is 13.3. The van der Waals surface area contributed by atoms with Gasteiger partial charge < -0.3 is 5.32 Å². The van der Waals surface area contributed by atoms with Crippen molar-refractivity contribution in [2.75, 3.05) is 5.32 Å². The summed E-state index contributed by atoms with van der Waals surface area (Å²) in [5, 5.41) is 7.84. The molecule has 0 aliphatic rings. The smallest absolute Gasteiger partial charge is 0.256 e. The minimum Gasteiger partial charge on any atom is -0.321 e. The van der Waals surface area contributed by atoms with Crippen molar-refractivity contribution in [1.29, 1.82) is 0 Å². The highest BCUT2D eigenvalue weighted by atomic mass is 35.5. The largest absolute Gasteiger partial charge is 0.321 e. The fourth-order valence-corrected chi connectivity index (χ4v) is 3.22. The Balaban J connectivity index is 1.82. The van der Waals surface area contributed by atoms with Crippen molar-refractivity contribution >= 4 is 34.2 Å². The summed E-state index contributed by atoms with van der Waals surface area (Å²) in [7, 11) is 0. The summed E-state index contributed by atoms with van der Waals surface area (Å²) >= 11 is 6.05. The molecule has 0 saturated heterocycles. The lowest BCUT2D eigenvalue weighted by atomic mass is 10.1. The second-order valence-corrected chi connectivity index (χ2v) is 6.60. The second-order valence-electron chi connectivity index (χ2n) is 6.20. The number of nitrogens with one attached hydrogen (secondary N) is 1. The quantitative estimate of drug-likeness (QED) is 0.520. The second kappa shape index (κ2) is 7.40. The molecule has 28 heavy (non-hydrogen) atoms. The van der Waals surface area contributed by atoms with Gasteiger partial charge in [0.05, 0.1) is 33.6 Å². The molecule has 2 aromatic carbocycles. The summed E-state index contributed by atoms with van der Waals surface area (Å²) in [6.07, 6.45) is 1.63. The van der Waals surface area contributed by atoms with Crippen LogP contribution in [0.2, 0.25) is 5.02 Å². The van der Waals surface area contributed by atoms with Gasteiger partial charge in [0.1, 0.15) is 5.82 Å². The third-order valence-corrected chi connectivity index (χ3v) is 4.71. The molecule has 1 amide bonds. The molecule has 0 unspecified atom stereocenters. The molecule has 0 spiro atoms. The Morgan fingerprint density at radius 2 is 1.96 bits per heavy atom. The van der Waals surface area contributed by atoms with E-state index in [1.54, 1.807) is 16.9 Å². The number of halogens is 2. The van der Waals surface area contributed by atoms with Gasteiger partial charge in [-0.1, -0.05) is 41.9 Å². The standard InChI is InChI=1S/C21H16ClFN4O/c1-2-27-20-16(12-24-27)15(11-19(25-20)13-6-4-3-5-7-13)21(28)26-18-9-8-14(23)10-17(18)22/h3-12H,2H2,1H3,(H,26,28). The number of carbonyl (C=O) groups excluding carboxylic acids is 1. The third-order valence-electron chi connectivity index (χ3n) is 4.40. The van der Waals surface area contributed by atoms with E-state index in [9.17, 15) is 9.18 Å². The molecule has 1 N–H and O–H groups in total. The van der Waals surface area contributed by atoms with E-state index in [2.05, 4.69) is 10.4 Å². The number of benzene rings is 2. The Labute approximate surface area is 165 Å². The zero-order chi connectivity index (χ0) is 19.7. The molecule has 4 rings (SSSR count). The van der Waals surface area contributed by atoms with Crippen LogP contribution in [-0.2, 0) is 6.54 Å². The van der Waals surface area contributed by atoms with Crippen LogP contribution in [0, 0.1) is 5.82 Å². The molecule has 0 atom stereocenters. The summed E-state index contributed by atoms with van der Waals surface area (Å²) in [5.74, 6) is -0.835. The lowest BCUT2D eigenvalue weighted by Gasteiger charge is -2.10. The molecule has 7 heteroatoms. The van der Waals surface area contributed by atoms with Crippen molar-refractivity contribution in [2.45, 2.75) is 13.5 Å². The fourth-order valence-electron chi connectivity index (χ4n) is 3.00. The maximum atomic E-state index is 13.3. The normalized spacial score (nSPS) is 11.0. The van der Waals surface area contributed by atoms with Crippen molar-refractivity contribution in [3.8, 4) is 11.3 Å². The van der Waals surface area contributed by atoms with Crippen LogP contribution < -0.4 is 5.32 Å². The number of rotatable bonds is 4. The van der Waals surface area contributed by atoms with Crippen molar-refractivity contribution in [1.82, 2.24) is 14.8 Å². The molecular formula is C21H16ClFN4O. The minimum absolute atomic E-state index is 0.131. The Hall–Kier alpha value is -3.25. The molecule has 0 aliphatic heterocycles. The predicted octanol–water partition coefficient (Wildman–Crippen LogP) is 5.16. The molecule has 5 nitrogen and oxygen atoms in total. The topological polar surface area (TPSA) is 59.8 Å².